The fraction of sp³-hybridized carbons (Fsp3) is 0.667. The third kappa shape index (κ3) is 1.91. The Morgan fingerprint density at radius 1 is 1.82 bits per heavy atom. The predicted molar refractivity (Wildman–Crippen MR) is 36.8 cm³/mol. The summed E-state index contributed by atoms with van der Waals surface area (Å²) in [6, 6.07) is -0.811. The Bertz CT molecular complexity index is 190. The molecule has 1 aliphatic rings. The van der Waals surface area contributed by atoms with Crippen molar-refractivity contribution < 1.29 is 14.7 Å². The normalized spacial score (nSPS) is 30.1. The van der Waals surface area contributed by atoms with Crippen LogP contribution in [-0.4, -0.2) is 29.1 Å². The van der Waals surface area contributed by atoms with Gasteiger partial charge in [-0.25, -0.2) is 0 Å². The van der Waals surface area contributed by atoms with Gasteiger partial charge in [-0.2, -0.15) is 0 Å². The molecule has 4 N–H and O–H groups in total. The molecule has 62 valence electrons. The highest BCUT2D eigenvalue weighted by molar-refractivity contribution is 5.85. The van der Waals surface area contributed by atoms with Crippen molar-refractivity contribution in [1.82, 2.24) is 5.32 Å². The molecule has 1 amide bonds. The number of hydrogen-bond acceptors (Lipinski definition) is 3. The lowest BCUT2D eigenvalue weighted by Crippen LogP contribution is -2.31. The Kier molecular flexibility index (Phi) is 2.09. The molecule has 0 bridgehead atoms. The third-order valence-electron chi connectivity index (χ3n) is 1.64. The standard InChI is InChI=1S/C6H10N2O3/c7-4-1-3(2-5(9)10)8-6(4)11/h3-4H,1-2,7H2,(H,8,11)(H,9,10). The van der Waals surface area contributed by atoms with E-state index in [4.69, 9.17) is 10.8 Å². The number of aliphatic carboxylic acids is 1. The molecule has 1 fully saturated rings. The Labute approximate surface area is 63.6 Å². The maximum Gasteiger partial charge on any atom is 0.305 e. The van der Waals surface area contributed by atoms with Crippen molar-refractivity contribution in [3.05, 3.63) is 0 Å². The summed E-state index contributed by atoms with van der Waals surface area (Å²) in [4.78, 5) is 20.9. The Balaban J connectivity index is 2.41. The quantitative estimate of drug-likeness (QED) is 0.464. The number of hydrogen-bond donors (Lipinski definition) is 3. The predicted octanol–water partition coefficient (Wildman–Crippen LogP) is -1.32. The number of carbonyl (C=O) groups is 2. The molecule has 1 heterocycles. The van der Waals surface area contributed by atoms with Crippen LogP contribution < -0.4 is 11.1 Å². The monoisotopic (exact) mass is 158 g/mol. The maximum absolute atomic E-state index is 10.7. The Morgan fingerprint density at radius 3 is 2.82 bits per heavy atom. The van der Waals surface area contributed by atoms with Crippen LogP contribution in [0.25, 0.3) is 0 Å². The van der Waals surface area contributed by atoms with Crippen LogP contribution in [0.3, 0.4) is 0 Å². The third-order valence-corrected chi connectivity index (χ3v) is 1.64. The number of carboxylic acids is 1. The summed E-state index contributed by atoms with van der Waals surface area (Å²) in [5.41, 5.74) is 5.34. The molecule has 0 aromatic rings. The molecule has 0 spiro atoms. The molecule has 5 heteroatoms. The van der Waals surface area contributed by atoms with E-state index in [1.165, 1.54) is 0 Å². The SMILES string of the molecule is NC1CC(CC(=O)O)NC1=O. The van der Waals surface area contributed by atoms with Crippen molar-refractivity contribution in [2.75, 3.05) is 0 Å². The highest BCUT2D eigenvalue weighted by Crippen LogP contribution is 2.08. The number of rotatable bonds is 2. The van der Waals surface area contributed by atoms with Crippen LogP contribution in [0.4, 0.5) is 0 Å². The molecule has 1 aliphatic heterocycles. The molecule has 0 aliphatic carbocycles. The summed E-state index contributed by atoms with van der Waals surface area (Å²) in [5, 5.41) is 10.8. The van der Waals surface area contributed by atoms with Gasteiger partial charge in [-0.15, -0.1) is 0 Å². The lowest BCUT2D eigenvalue weighted by molar-refractivity contribution is -0.137. The molecular weight excluding hydrogens is 148 g/mol. The van der Waals surface area contributed by atoms with E-state index in [9.17, 15) is 9.59 Å². The van der Waals surface area contributed by atoms with Gasteiger partial charge >= 0.3 is 5.97 Å². The van der Waals surface area contributed by atoms with Crippen LogP contribution in [0, 0.1) is 0 Å². The van der Waals surface area contributed by atoms with Crippen molar-refractivity contribution in [2.45, 2.75) is 24.9 Å². The first-order chi connectivity index (χ1) is 5.09. The number of nitrogens with one attached hydrogen (secondary N) is 1. The van der Waals surface area contributed by atoms with Gasteiger partial charge in [0, 0.05) is 6.04 Å². The van der Waals surface area contributed by atoms with Crippen LogP contribution in [0.15, 0.2) is 0 Å². The van der Waals surface area contributed by atoms with Crippen molar-refractivity contribution in [3.8, 4) is 0 Å². The topological polar surface area (TPSA) is 92.4 Å². The highest BCUT2D eigenvalue weighted by atomic mass is 16.4. The average molecular weight is 158 g/mol. The van der Waals surface area contributed by atoms with Gasteiger partial charge in [-0.1, -0.05) is 0 Å². The van der Waals surface area contributed by atoms with Crippen LogP contribution in [0.1, 0.15) is 12.8 Å². The van der Waals surface area contributed by atoms with Gasteiger partial charge in [0.2, 0.25) is 5.91 Å². The Hall–Kier alpha value is -1.10. The molecule has 2 unspecified atom stereocenters. The molecule has 0 radical (unpaired) electrons. The second kappa shape index (κ2) is 2.87. The summed E-state index contributed by atoms with van der Waals surface area (Å²) in [5.74, 6) is -1.17. The summed E-state index contributed by atoms with van der Waals surface area (Å²) in [7, 11) is 0. The van der Waals surface area contributed by atoms with E-state index >= 15 is 0 Å². The van der Waals surface area contributed by atoms with Crippen LogP contribution in [0.2, 0.25) is 0 Å². The van der Waals surface area contributed by atoms with Crippen LogP contribution in [0.5, 0.6) is 0 Å². The van der Waals surface area contributed by atoms with Crippen molar-refractivity contribution in [2.24, 2.45) is 5.73 Å². The fourth-order valence-corrected chi connectivity index (χ4v) is 1.13. The van der Waals surface area contributed by atoms with E-state index in [1.54, 1.807) is 0 Å². The zero-order valence-corrected chi connectivity index (χ0v) is 5.91. The van der Waals surface area contributed by atoms with Gasteiger partial charge in [0.25, 0.3) is 0 Å². The first-order valence-corrected chi connectivity index (χ1v) is 3.37. The van der Waals surface area contributed by atoms with E-state index in [2.05, 4.69) is 5.32 Å². The summed E-state index contributed by atoms with van der Waals surface area (Å²) in [6.45, 7) is 0. The van der Waals surface area contributed by atoms with Gasteiger partial charge in [0.1, 0.15) is 0 Å². The maximum atomic E-state index is 10.7. The van der Waals surface area contributed by atoms with E-state index < -0.39 is 12.0 Å². The molecular formula is C6H10N2O3. The fourth-order valence-electron chi connectivity index (χ4n) is 1.13. The van der Waals surface area contributed by atoms with Crippen molar-refractivity contribution >= 4 is 11.9 Å². The van der Waals surface area contributed by atoms with Gasteiger partial charge in [0.05, 0.1) is 12.5 Å². The van der Waals surface area contributed by atoms with Gasteiger partial charge < -0.3 is 16.2 Å². The van der Waals surface area contributed by atoms with E-state index in [-0.39, 0.29) is 18.4 Å². The zero-order valence-electron chi connectivity index (χ0n) is 5.91. The van der Waals surface area contributed by atoms with Crippen LogP contribution >= 0.6 is 0 Å². The highest BCUT2D eigenvalue weighted by Gasteiger charge is 2.29. The van der Waals surface area contributed by atoms with E-state index in [1.807, 2.05) is 0 Å². The summed E-state index contributed by atoms with van der Waals surface area (Å²) in [6.07, 6.45) is 0.380. The number of carboxylic acid groups (broad SMARTS) is 1. The molecule has 0 saturated carbocycles. The second-order valence-electron chi connectivity index (χ2n) is 2.65. The minimum Gasteiger partial charge on any atom is -0.481 e. The molecule has 1 saturated heterocycles. The average Bonchev–Trinajstić information content (AvgIpc) is 2.10. The molecule has 0 aromatic carbocycles. The summed E-state index contributed by atoms with van der Waals surface area (Å²) < 4.78 is 0. The Morgan fingerprint density at radius 2 is 2.45 bits per heavy atom. The van der Waals surface area contributed by atoms with Gasteiger partial charge in [-0.05, 0) is 6.42 Å². The number of amides is 1. The van der Waals surface area contributed by atoms with E-state index in [0.29, 0.717) is 6.42 Å². The number of carbonyl (C=O) groups excluding carboxylic acids is 1. The van der Waals surface area contributed by atoms with Crippen molar-refractivity contribution in [3.63, 3.8) is 0 Å². The largest absolute Gasteiger partial charge is 0.481 e. The smallest absolute Gasteiger partial charge is 0.305 e. The van der Waals surface area contributed by atoms with Gasteiger partial charge in [0.15, 0.2) is 0 Å². The lowest BCUT2D eigenvalue weighted by atomic mass is 10.1. The molecule has 5 nitrogen and oxygen atoms in total. The number of nitrogens with two attached hydrogens (primary N) is 1. The molecule has 2 atom stereocenters. The first kappa shape index (κ1) is 8.00. The minimum atomic E-state index is -0.913. The van der Waals surface area contributed by atoms with Crippen LogP contribution in [-0.2, 0) is 9.59 Å². The lowest BCUT2D eigenvalue weighted by Gasteiger charge is -2.03. The minimum absolute atomic E-state index is 0.0422. The molecule has 11 heavy (non-hydrogen) atoms. The van der Waals surface area contributed by atoms with E-state index in [0.717, 1.165) is 0 Å². The summed E-state index contributed by atoms with van der Waals surface area (Å²) >= 11 is 0. The molecule has 0 aromatic heterocycles. The molecule has 1 rings (SSSR count). The van der Waals surface area contributed by atoms with Gasteiger partial charge in [-0.3, -0.25) is 9.59 Å². The van der Waals surface area contributed by atoms with Crippen molar-refractivity contribution in [1.29, 1.82) is 0 Å². The zero-order chi connectivity index (χ0) is 8.43. The first-order valence-electron chi connectivity index (χ1n) is 3.37. The second-order valence-corrected chi connectivity index (χ2v) is 2.65.